The van der Waals surface area contributed by atoms with Crippen molar-refractivity contribution >= 4 is 28.3 Å². The van der Waals surface area contributed by atoms with E-state index in [1.807, 2.05) is 37.3 Å². The van der Waals surface area contributed by atoms with Gasteiger partial charge in [-0.3, -0.25) is 9.59 Å². The van der Waals surface area contributed by atoms with Crippen LogP contribution in [-0.2, 0) is 9.59 Å². The largest absolute Gasteiger partial charge is 0.335 e. The van der Waals surface area contributed by atoms with Crippen molar-refractivity contribution in [3.05, 3.63) is 47.5 Å². The number of anilines is 1. The molecule has 0 bridgehead atoms. The first kappa shape index (κ1) is 14.7. The van der Waals surface area contributed by atoms with Crippen LogP contribution in [0.5, 0.6) is 0 Å². The molecule has 22 heavy (non-hydrogen) atoms. The molecule has 3 rings (SSSR count). The molecule has 5 nitrogen and oxygen atoms in total. The monoisotopic (exact) mass is 315 g/mol. The number of thiazole rings is 1. The molecule has 1 N–H and O–H groups in total. The summed E-state index contributed by atoms with van der Waals surface area (Å²) in [5.74, 6) is -0.427. The van der Waals surface area contributed by atoms with E-state index >= 15 is 0 Å². The van der Waals surface area contributed by atoms with Gasteiger partial charge >= 0.3 is 0 Å². The fourth-order valence-electron chi connectivity index (χ4n) is 2.69. The molecule has 2 aromatic rings. The maximum Gasteiger partial charge on any atom is 0.231 e. The van der Waals surface area contributed by atoms with Crippen molar-refractivity contribution in [3.63, 3.8) is 0 Å². The van der Waals surface area contributed by atoms with Crippen LogP contribution in [0.4, 0.5) is 5.13 Å². The van der Waals surface area contributed by atoms with E-state index in [0.29, 0.717) is 11.7 Å². The van der Waals surface area contributed by atoms with Crippen LogP contribution in [0, 0.1) is 5.92 Å². The Morgan fingerprint density at radius 3 is 2.86 bits per heavy atom. The summed E-state index contributed by atoms with van der Waals surface area (Å²) in [6.45, 7) is 2.44. The Morgan fingerprint density at radius 1 is 1.41 bits per heavy atom. The van der Waals surface area contributed by atoms with Crippen molar-refractivity contribution in [3.8, 4) is 0 Å². The number of hydrogen-bond acceptors (Lipinski definition) is 4. The average molecular weight is 315 g/mol. The van der Waals surface area contributed by atoms with Gasteiger partial charge in [0.15, 0.2) is 5.13 Å². The minimum absolute atomic E-state index is 0.0219. The molecule has 0 saturated carbocycles. The Morgan fingerprint density at radius 2 is 2.18 bits per heavy atom. The molecular formula is C16H17N3O2S. The molecule has 1 aliphatic rings. The minimum Gasteiger partial charge on any atom is -0.335 e. The number of rotatable bonds is 4. The van der Waals surface area contributed by atoms with E-state index in [4.69, 9.17) is 0 Å². The van der Waals surface area contributed by atoms with Gasteiger partial charge in [-0.05, 0) is 12.5 Å². The molecule has 2 heterocycles. The van der Waals surface area contributed by atoms with Crippen LogP contribution in [0.25, 0.3) is 0 Å². The molecule has 2 atom stereocenters. The van der Waals surface area contributed by atoms with Gasteiger partial charge in [-0.25, -0.2) is 4.98 Å². The lowest BCUT2D eigenvalue weighted by Crippen LogP contribution is -2.30. The number of likely N-dealkylation sites (tertiary alicyclic amines) is 1. The SMILES string of the molecule is C[C@H](c1ccccc1)N1C[C@@H](C(=O)Nc2nccs2)CC1=O. The van der Waals surface area contributed by atoms with Crippen LogP contribution >= 0.6 is 11.3 Å². The molecule has 0 spiro atoms. The lowest BCUT2D eigenvalue weighted by molar-refractivity contribution is -0.129. The maximum atomic E-state index is 12.2. The maximum absolute atomic E-state index is 12.2. The zero-order valence-corrected chi connectivity index (χ0v) is 13.0. The molecule has 114 valence electrons. The fraction of sp³-hybridized carbons (Fsp3) is 0.312. The van der Waals surface area contributed by atoms with Crippen molar-refractivity contribution in [2.75, 3.05) is 11.9 Å². The van der Waals surface area contributed by atoms with E-state index in [-0.39, 0.29) is 30.2 Å². The molecule has 1 aromatic heterocycles. The lowest BCUT2D eigenvalue weighted by Gasteiger charge is -2.25. The Bertz CT molecular complexity index is 657. The van der Waals surface area contributed by atoms with Gasteiger partial charge in [-0.1, -0.05) is 30.3 Å². The van der Waals surface area contributed by atoms with Crippen LogP contribution in [0.1, 0.15) is 24.9 Å². The van der Waals surface area contributed by atoms with E-state index in [2.05, 4.69) is 10.3 Å². The van der Waals surface area contributed by atoms with Crippen LogP contribution < -0.4 is 5.32 Å². The van der Waals surface area contributed by atoms with E-state index < -0.39 is 0 Å². The summed E-state index contributed by atoms with van der Waals surface area (Å²) in [7, 11) is 0. The Labute approximate surface area is 133 Å². The predicted molar refractivity (Wildman–Crippen MR) is 85.4 cm³/mol. The molecule has 1 saturated heterocycles. The predicted octanol–water partition coefficient (Wildman–Crippen LogP) is 2.69. The van der Waals surface area contributed by atoms with E-state index in [1.54, 1.807) is 16.5 Å². The van der Waals surface area contributed by atoms with Crippen LogP contribution in [-0.4, -0.2) is 28.2 Å². The highest BCUT2D eigenvalue weighted by Crippen LogP contribution is 2.29. The van der Waals surface area contributed by atoms with Crippen molar-refractivity contribution in [1.29, 1.82) is 0 Å². The summed E-state index contributed by atoms with van der Waals surface area (Å²) in [5, 5.41) is 5.15. The summed E-state index contributed by atoms with van der Waals surface area (Å²) < 4.78 is 0. The molecule has 2 amide bonds. The van der Waals surface area contributed by atoms with Crippen LogP contribution in [0.3, 0.4) is 0 Å². The van der Waals surface area contributed by atoms with Gasteiger partial charge < -0.3 is 10.2 Å². The molecule has 6 heteroatoms. The standard InChI is InChI=1S/C16H17N3O2S/c1-11(12-5-3-2-4-6-12)19-10-13(9-14(19)20)15(21)18-16-17-7-8-22-16/h2-8,11,13H,9-10H2,1H3,(H,17,18,21)/t11-,13+/m1/s1. The highest BCUT2D eigenvalue weighted by Gasteiger charge is 2.37. The average Bonchev–Trinajstić information content (AvgIpc) is 3.17. The Balaban J connectivity index is 1.66. The summed E-state index contributed by atoms with van der Waals surface area (Å²) in [6, 6.07) is 9.85. The smallest absolute Gasteiger partial charge is 0.231 e. The first-order chi connectivity index (χ1) is 10.6. The van der Waals surface area contributed by atoms with E-state index in [0.717, 1.165) is 5.56 Å². The number of benzene rings is 1. The zero-order valence-electron chi connectivity index (χ0n) is 12.2. The number of nitrogens with zero attached hydrogens (tertiary/aromatic N) is 2. The third kappa shape index (κ3) is 3.01. The number of hydrogen-bond donors (Lipinski definition) is 1. The van der Waals surface area contributed by atoms with E-state index in [9.17, 15) is 9.59 Å². The molecule has 1 aliphatic heterocycles. The second-order valence-electron chi connectivity index (χ2n) is 5.36. The molecule has 1 aromatic carbocycles. The van der Waals surface area contributed by atoms with Gasteiger partial charge in [0.1, 0.15) is 0 Å². The van der Waals surface area contributed by atoms with Crippen molar-refractivity contribution in [1.82, 2.24) is 9.88 Å². The van der Waals surface area contributed by atoms with Gasteiger partial charge in [-0.15, -0.1) is 11.3 Å². The third-order valence-corrected chi connectivity index (χ3v) is 4.63. The summed E-state index contributed by atoms with van der Waals surface area (Å²) in [6.07, 6.45) is 1.90. The highest BCUT2D eigenvalue weighted by molar-refractivity contribution is 7.13. The van der Waals surface area contributed by atoms with Gasteiger partial charge in [0, 0.05) is 24.5 Å². The minimum atomic E-state index is -0.317. The highest BCUT2D eigenvalue weighted by atomic mass is 32.1. The Kier molecular flexibility index (Phi) is 4.20. The number of carbonyl (C=O) groups excluding carboxylic acids is 2. The van der Waals surface area contributed by atoms with Crippen molar-refractivity contribution < 1.29 is 9.59 Å². The van der Waals surface area contributed by atoms with Crippen LogP contribution in [0.2, 0.25) is 0 Å². The first-order valence-corrected chi connectivity index (χ1v) is 8.08. The van der Waals surface area contributed by atoms with Crippen molar-refractivity contribution in [2.24, 2.45) is 5.92 Å². The molecular weight excluding hydrogens is 298 g/mol. The zero-order chi connectivity index (χ0) is 15.5. The number of aromatic nitrogens is 1. The fourth-order valence-corrected chi connectivity index (χ4v) is 3.22. The van der Waals surface area contributed by atoms with Crippen molar-refractivity contribution in [2.45, 2.75) is 19.4 Å². The molecule has 0 unspecified atom stereocenters. The molecule has 0 radical (unpaired) electrons. The van der Waals surface area contributed by atoms with Gasteiger partial charge in [0.05, 0.1) is 12.0 Å². The van der Waals surface area contributed by atoms with Crippen LogP contribution in [0.15, 0.2) is 41.9 Å². The summed E-state index contributed by atoms with van der Waals surface area (Å²) >= 11 is 1.37. The number of nitrogens with one attached hydrogen (secondary N) is 1. The van der Waals surface area contributed by atoms with Gasteiger partial charge in [0.2, 0.25) is 11.8 Å². The quantitative estimate of drug-likeness (QED) is 0.943. The molecule has 1 fully saturated rings. The topological polar surface area (TPSA) is 62.3 Å². The number of carbonyl (C=O) groups is 2. The third-order valence-electron chi connectivity index (χ3n) is 3.94. The van der Waals surface area contributed by atoms with Gasteiger partial charge in [0.25, 0.3) is 0 Å². The first-order valence-electron chi connectivity index (χ1n) is 7.20. The molecule has 0 aliphatic carbocycles. The number of amides is 2. The second kappa shape index (κ2) is 6.27. The second-order valence-corrected chi connectivity index (χ2v) is 6.25. The van der Waals surface area contributed by atoms with E-state index in [1.165, 1.54) is 11.3 Å². The van der Waals surface area contributed by atoms with Gasteiger partial charge in [-0.2, -0.15) is 0 Å². The summed E-state index contributed by atoms with van der Waals surface area (Å²) in [4.78, 5) is 30.3. The Hall–Kier alpha value is -2.21. The summed E-state index contributed by atoms with van der Waals surface area (Å²) in [5.41, 5.74) is 1.08. The normalized spacial score (nSPS) is 19.2. The lowest BCUT2D eigenvalue weighted by atomic mass is 10.1.